The summed E-state index contributed by atoms with van der Waals surface area (Å²) in [6.45, 7) is 6.37. The van der Waals surface area contributed by atoms with Gasteiger partial charge in [0.1, 0.15) is 6.54 Å². The zero-order chi connectivity index (χ0) is 24.1. The van der Waals surface area contributed by atoms with Crippen molar-refractivity contribution in [3.8, 4) is 0 Å². The second kappa shape index (κ2) is 7.79. The van der Waals surface area contributed by atoms with Crippen LogP contribution in [0.2, 0.25) is 0 Å². The molecular formula is C27H30N4O3. The number of urea groups is 1. The first kappa shape index (κ1) is 22.3. The van der Waals surface area contributed by atoms with Crippen LogP contribution in [0.1, 0.15) is 51.2 Å². The third kappa shape index (κ3) is 3.10. The van der Waals surface area contributed by atoms with E-state index in [-0.39, 0.29) is 10.8 Å². The van der Waals surface area contributed by atoms with Gasteiger partial charge in [-0.1, -0.05) is 81.4 Å². The van der Waals surface area contributed by atoms with Gasteiger partial charge in [0, 0.05) is 11.1 Å². The molecule has 2 saturated carbocycles. The molecule has 1 saturated heterocycles. The quantitative estimate of drug-likeness (QED) is 0.527. The highest BCUT2D eigenvalue weighted by Gasteiger charge is 2.60. The van der Waals surface area contributed by atoms with Gasteiger partial charge in [-0.15, -0.1) is 0 Å². The summed E-state index contributed by atoms with van der Waals surface area (Å²) >= 11 is 0. The number of hydrazone groups is 1. The number of benzene rings is 2. The minimum absolute atomic E-state index is 0.0401. The molecule has 0 spiro atoms. The molecule has 2 aromatic carbocycles. The Labute approximate surface area is 199 Å². The zero-order valence-electron chi connectivity index (χ0n) is 19.8. The van der Waals surface area contributed by atoms with E-state index in [4.69, 9.17) is 0 Å². The molecule has 34 heavy (non-hydrogen) atoms. The van der Waals surface area contributed by atoms with Crippen LogP contribution in [-0.4, -0.2) is 35.0 Å². The van der Waals surface area contributed by atoms with Gasteiger partial charge in [-0.2, -0.15) is 5.10 Å². The van der Waals surface area contributed by atoms with Gasteiger partial charge in [-0.05, 0) is 41.7 Å². The van der Waals surface area contributed by atoms with E-state index >= 15 is 0 Å². The van der Waals surface area contributed by atoms with E-state index in [0.717, 1.165) is 23.5 Å². The molecule has 4 amide bonds. The van der Waals surface area contributed by atoms with Crippen molar-refractivity contribution >= 4 is 23.6 Å². The maximum absolute atomic E-state index is 13.7. The Morgan fingerprint density at radius 1 is 1.03 bits per heavy atom. The van der Waals surface area contributed by atoms with Crippen LogP contribution in [-0.2, 0) is 15.1 Å². The van der Waals surface area contributed by atoms with E-state index in [1.54, 1.807) is 24.3 Å². The van der Waals surface area contributed by atoms with Gasteiger partial charge in [-0.25, -0.2) is 10.2 Å². The molecule has 3 fully saturated rings. The van der Waals surface area contributed by atoms with Crippen LogP contribution in [0, 0.1) is 16.7 Å². The topological polar surface area (TPSA) is 90.9 Å². The van der Waals surface area contributed by atoms with Crippen molar-refractivity contribution < 1.29 is 14.4 Å². The van der Waals surface area contributed by atoms with Crippen molar-refractivity contribution in [3.63, 3.8) is 0 Å². The lowest BCUT2D eigenvalue weighted by molar-refractivity contribution is -0.134. The van der Waals surface area contributed by atoms with E-state index in [0.29, 0.717) is 17.0 Å². The molecule has 5 rings (SSSR count). The molecule has 2 aliphatic carbocycles. The number of imide groups is 1. The van der Waals surface area contributed by atoms with E-state index in [2.05, 4.69) is 36.6 Å². The van der Waals surface area contributed by atoms with Crippen LogP contribution in [0.5, 0.6) is 0 Å². The van der Waals surface area contributed by atoms with Crippen LogP contribution >= 0.6 is 0 Å². The van der Waals surface area contributed by atoms with E-state index < -0.39 is 29.9 Å². The molecule has 0 aromatic heterocycles. The molecule has 0 radical (unpaired) electrons. The number of fused-ring (bicyclic) bond motifs is 2. The summed E-state index contributed by atoms with van der Waals surface area (Å²) in [4.78, 5) is 40.4. The highest BCUT2D eigenvalue weighted by molar-refractivity contribution is 6.11. The third-order valence-electron chi connectivity index (χ3n) is 8.65. The Hall–Kier alpha value is -3.48. The summed E-state index contributed by atoms with van der Waals surface area (Å²) < 4.78 is 0. The second-order valence-corrected chi connectivity index (χ2v) is 10.4. The second-order valence-electron chi connectivity index (χ2n) is 10.4. The lowest BCUT2D eigenvalue weighted by Gasteiger charge is -2.34. The standard InChI is InChI=1S/C27H30N4O3/c1-25(2)20-14-15-26(25,3)21(16-20)29-30-22(32)17-31-23(33)27(28-24(31)34,18-10-6-4-7-11-18)19-12-8-5-9-13-19/h4-13,20H,14-17H2,1-3H3,(H,28,34)(H,30,32)/b29-21-. The number of rotatable bonds is 5. The highest BCUT2D eigenvalue weighted by atomic mass is 16.2. The summed E-state index contributed by atoms with van der Waals surface area (Å²) in [6, 6.07) is 17.6. The van der Waals surface area contributed by atoms with Crippen LogP contribution in [0.4, 0.5) is 4.79 Å². The lowest BCUT2D eigenvalue weighted by Crippen LogP contribution is -2.46. The van der Waals surface area contributed by atoms with Crippen LogP contribution in [0.3, 0.4) is 0 Å². The molecule has 2 N–H and O–H groups in total. The van der Waals surface area contributed by atoms with Gasteiger partial charge in [0.15, 0.2) is 5.54 Å². The molecule has 7 heteroatoms. The number of carbonyl (C=O) groups excluding carboxylic acids is 3. The summed E-state index contributed by atoms with van der Waals surface area (Å²) in [5.41, 5.74) is 3.63. The number of nitrogens with one attached hydrogen (secondary N) is 2. The fourth-order valence-electron chi connectivity index (χ4n) is 6.06. The van der Waals surface area contributed by atoms with E-state index in [1.807, 2.05) is 36.4 Å². The lowest BCUT2D eigenvalue weighted by atomic mass is 9.70. The van der Waals surface area contributed by atoms with Gasteiger partial charge in [-0.3, -0.25) is 14.5 Å². The first-order valence-corrected chi connectivity index (χ1v) is 11.8. The molecule has 7 nitrogen and oxygen atoms in total. The largest absolute Gasteiger partial charge is 0.326 e. The van der Waals surface area contributed by atoms with Gasteiger partial charge >= 0.3 is 6.03 Å². The minimum atomic E-state index is -1.38. The van der Waals surface area contributed by atoms with E-state index in [9.17, 15) is 14.4 Å². The maximum atomic E-state index is 13.7. The van der Waals surface area contributed by atoms with Gasteiger partial charge in [0.05, 0.1) is 0 Å². The summed E-state index contributed by atoms with van der Waals surface area (Å²) in [5, 5.41) is 7.33. The summed E-state index contributed by atoms with van der Waals surface area (Å²) in [7, 11) is 0. The Kier molecular flexibility index (Phi) is 5.11. The molecule has 2 bridgehead atoms. The van der Waals surface area contributed by atoms with Crippen LogP contribution < -0.4 is 10.7 Å². The average Bonchev–Trinajstić information content (AvgIpc) is 3.31. The Morgan fingerprint density at radius 3 is 2.12 bits per heavy atom. The number of hydrogen-bond donors (Lipinski definition) is 2. The molecule has 1 aliphatic heterocycles. The molecule has 3 aliphatic rings. The van der Waals surface area contributed by atoms with Gasteiger partial charge in [0.2, 0.25) is 0 Å². The minimum Gasteiger partial charge on any atom is -0.315 e. The molecule has 1 heterocycles. The van der Waals surface area contributed by atoms with Crippen molar-refractivity contribution in [1.29, 1.82) is 0 Å². The first-order chi connectivity index (χ1) is 16.2. The number of amides is 4. The van der Waals surface area contributed by atoms with Crippen LogP contribution in [0.25, 0.3) is 0 Å². The molecular weight excluding hydrogens is 428 g/mol. The molecule has 2 aromatic rings. The Morgan fingerprint density at radius 2 is 1.62 bits per heavy atom. The zero-order valence-corrected chi connectivity index (χ0v) is 19.8. The Bertz CT molecular complexity index is 1140. The highest BCUT2D eigenvalue weighted by Crippen LogP contribution is 2.63. The average molecular weight is 459 g/mol. The van der Waals surface area contributed by atoms with Crippen molar-refractivity contribution in [2.45, 2.75) is 45.6 Å². The predicted molar refractivity (Wildman–Crippen MR) is 129 cm³/mol. The fourth-order valence-corrected chi connectivity index (χ4v) is 6.06. The third-order valence-corrected chi connectivity index (χ3v) is 8.65. The number of carbonyl (C=O) groups is 3. The SMILES string of the molecule is CC12CCC(C/C1=N/NC(=O)CN1C(=O)NC(c3ccccc3)(c3ccccc3)C1=O)C2(C)C. The monoisotopic (exact) mass is 458 g/mol. The normalized spacial score (nSPS) is 27.8. The van der Waals surface area contributed by atoms with Gasteiger partial charge in [0.25, 0.3) is 11.8 Å². The van der Waals surface area contributed by atoms with Crippen molar-refractivity contribution in [1.82, 2.24) is 15.6 Å². The van der Waals surface area contributed by atoms with E-state index in [1.165, 1.54) is 6.42 Å². The number of nitrogens with zero attached hydrogens (tertiary/aromatic N) is 2. The predicted octanol–water partition coefficient (Wildman–Crippen LogP) is 3.80. The van der Waals surface area contributed by atoms with Crippen molar-refractivity contribution in [2.24, 2.45) is 21.8 Å². The summed E-state index contributed by atoms with van der Waals surface area (Å²) in [5.74, 6) is -0.403. The number of hydrogen-bond acceptors (Lipinski definition) is 4. The molecule has 2 atom stereocenters. The smallest absolute Gasteiger partial charge is 0.315 e. The van der Waals surface area contributed by atoms with Crippen molar-refractivity contribution in [3.05, 3.63) is 71.8 Å². The van der Waals surface area contributed by atoms with Gasteiger partial charge < -0.3 is 5.32 Å². The van der Waals surface area contributed by atoms with Crippen LogP contribution in [0.15, 0.2) is 65.8 Å². The summed E-state index contributed by atoms with van der Waals surface area (Å²) in [6.07, 6.45) is 3.11. The maximum Gasteiger partial charge on any atom is 0.326 e. The molecule has 2 unspecified atom stereocenters. The Balaban J connectivity index is 1.38. The molecule has 176 valence electrons. The van der Waals surface area contributed by atoms with Crippen molar-refractivity contribution in [2.75, 3.05) is 6.54 Å². The first-order valence-electron chi connectivity index (χ1n) is 11.8. The fraction of sp³-hybridized carbons (Fsp3) is 0.407.